The number of nitrogens with zero attached hydrogens (tertiary/aromatic N) is 1. The van der Waals surface area contributed by atoms with Crippen molar-refractivity contribution in [3.63, 3.8) is 0 Å². The van der Waals surface area contributed by atoms with E-state index in [0.717, 1.165) is 25.0 Å². The molecule has 1 aromatic carbocycles. The summed E-state index contributed by atoms with van der Waals surface area (Å²) in [5.41, 5.74) is 5.11. The Balaban J connectivity index is 2.04. The van der Waals surface area contributed by atoms with Gasteiger partial charge >= 0.3 is 12.2 Å². The molecule has 4 nitrogen and oxygen atoms in total. The standard InChI is InChI=1S/C13H16F3N3O/c14-13(15,16)9-3-1-5-11(7-9)18-12(20)19-6-2-4-10(17)8-19/h1,3,5,7,10H,2,4,6,8,17H2,(H,18,20)/t10-/m1/s1. The van der Waals surface area contributed by atoms with Crippen LogP contribution >= 0.6 is 0 Å². The molecule has 3 N–H and O–H groups in total. The number of nitrogens with two attached hydrogens (primary N) is 1. The Morgan fingerprint density at radius 3 is 2.80 bits per heavy atom. The van der Waals surface area contributed by atoms with Gasteiger partial charge in [0, 0.05) is 24.8 Å². The maximum Gasteiger partial charge on any atom is 0.416 e. The van der Waals surface area contributed by atoms with Gasteiger partial charge in [-0.3, -0.25) is 0 Å². The number of carbonyl (C=O) groups excluding carboxylic acids is 1. The molecule has 0 radical (unpaired) electrons. The van der Waals surface area contributed by atoms with Crippen LogP contribution in [0.25, 0.3) is 0 Å². The Hall–Kier alpha value is -1.76. The number of benzene rings is 1. The fourth-order valence-corrected chi connectivity index (χ4v) is 2.17. The van der Waals surface area contributed by atoms with Gasteiger partial charge in [0.1, 0.15) is 0 Å². The molecule has 0 spiro atoms. The monoisotopic (exact) mass is 287 g/mol. The molecular weight excluding hydrogens is 271 g/mol. The molecule has 1 atom stereocenters. The summed E-state index contributed by atoms with van der Waals surface area (Å²) in [6.07, 6.45) is -2.77. The third-order valence-electron chi connectivity index (χ3n) is 3.19. The highest BCUT2D eigenvalue weighted by atomic mass is 19.4. The Bertz CT molecular complexity index is 490. The zero-order valence-electron chi connectivity index (χ0n) is 10.8. The van der Waals surface area contributed by atoms with Crippen molar-refractivity contribution in [1.29, 1.82) is 0 Å². The van der Waals surface area contributed by atoms with Crippen molar-refractivity contribution in [1.82, 2.24) is 4.90 Å². The predicted octanol–water partition coefficient (Wildman–Crippen LogP) is 2.66. The van der Waals surface area contributed by atoms with Crippen LogP contribution in [0.4, 0.5) is 23.7 Å². The summed E-state index contributed by atoms with van der Waals surface area (Å²) in [7, 11) is 0. The van der Waals surface area contributed by atoms with Crippen molar-refractivity contribution in [2.75, 3.05) is 18.4 Å². The predicted molar refractivity (Wildman–Crippen MR) is 69.2 cm³/mol. The van der Waals surface area contributed by atoms with Crippen LogP contribution in [-0.2, 0) is 6.18 Å². The van der Waals surface area contributed by atoms with Crippen LogP contribution < -0.4 is 11.1 Å². The number of hydrogen-bond donors (Lipinski definition) is 2. The molecule has 7 heteroatoms. The first-order chi connectivity index (χ1) is 9.36. The number of rotatable bonds is 1. The smallest absolute Gasteiger partial charge is 0.326 e. The van der Waals surface area contributed by atoms with Gasteiger partial charge in [-0.2, -0.15) is 13.2 Å². The molecule has 0 bridgehead atoms. The van der Waals surface area contributed by atoms with Crippen LogP contribution in [0.1, 0.15) is 18.4 Å². The number of anilines is 1. The van der Waals surface area contributed by atoms with Gasteiger partial charge in [0.05, 0.1) is 5.56 Å². The van der Waals surface area contributed by atoms with Gasteiger partial charge in [-0.25, -0.2) is 4.79 Å². The normalized spacial score (nSPS) is 19.8. The second-order valence-corrected chi connectivity index (χ2v) is 4.86. The Kier molecular flexibility index (Phi) is 4.17. The number of hydrogen-bond acceptors (Lipinski definition) is 2. The number of nitrogens with one attached hydrogen (secondary N) is 1. The maximum absolute atomic E-state index is 12.6. The number of likely N-dealkylation sites (tertiary alicyclic amines) is 1. The first-order valence-electron chi connectivity index (χ1n) is 6.35. The van der Waals surface area contributed by atoms with E-state index >= 15 is 0 Å². The summed E-state index contributed by atoms with van der Waals surface area (Å²) in [5, 5.41) is 2.48. The third kappa shape index (κ3) is 3.63. The first-order valence-corrected chi connectivity index (χ1v) is 6.35. The molecule has 1 aliphatic heterocycles. The average Bonchev–Trinajstić information content (AvgIpc) is 2.38. The fraction of sp³-hybridized carbons (Fsp3) is 0.462. The molecule has 0 aliphatic carbocycles. The summed E-state index contributed by atoms with van der Waals surface area (Å²) in [4.78, 5) is 13.5. The van der Waals surface area contributed by atoms with E-state index < -0.39 is 17.8 Å². The van der Waals surface area contributed by atoms with Crippen molar-refractivity contribution in [3.8, 4) is 0 Å². The molecule has 2 rings (SSSR count). The lowest BCUT2D eigenvalue weighted by atomic mass is 10.1. The average molecular weight is 287 g/mol. The number of amides is 2. The highest BCUT2D eigenvalue weighted by Gasteiger charge is 2.30. The summed E-state index contributed by atoms with van der Waals surface area (Å²) in [5.74, 6) is 0. The van der Waals surface area contributed by atoms with Crippen LogP contribution in [0.5, 0.6) is 0 Å². The minimum absolute atomic E-state index is 0.0731. The molecule has 0 saturated carbocycles. The van der Waals surface area contributed by atoms with Crippen molar-refractivity contribution in [2.45, 2.75) is 25.1 Å². The lowest BCUT2D eigenvalue weighted by Gasteiger charge is -2.30. The van der Waals surface area contributed by atoms with E-state index in [1.54, 1.807) is 0 Å². The quantitative estimate of drug-likeness (QED) is 0.834. The second-order valence-electron chi connectivity index (χ2n) is 4.86. The van der Waals surface area contributed by atoms with Crippen LogP contribution in [-0.4, -0.2) is 30.1 Å². The molecule has 2 amide bonds. The number of urea groups is 1. The lowest BCUT2D eigenvalue weighted by Crippen LogP contribution is -2.47. The van der Waals surface area contributed by atoms with E-state index in [1.807, 2.05) is 0 Å². The minimum Gasteiger partial charge on any atom is -0.326 e. The molecule has 1 saturated heterocycles. The topological polar surface area (TPSA) is 58.4 Å². The largest absolute Gasteiger partial charge is 0.416 e. The van der Waals surface area contributed by atoms with Crippen LogP contribution in [0.15, 0.2) is 24.3 Å². The third-order valence-corrected chi connectivity index (χ3v) is 3.19. The van der Waals surface area contributed by atoms with Crippen molar-refractivity contribution < 1.29 is 18.0 Å². The highest BCUT2D eigenvalue weighted by molar-refractivity contribution is 5.89. The summed E-state index contributed by atoms with van der Waals surface area (Å²) >= 11 is 0. The second kappa shape index (κ2) is 5.70. The SMILES string of the molecule is N[C@@H]1CCCN(C(=O)Nc2cccc(C(F)(F)F)c2)C1. The Labute approximate surface area is 114 Å². The zero-order valence-corrected chi connectivity index (χ0v) is 10.8. The molecule has 1 aliphatic rings. The number of carbonyl (C=O) groups is 1. The van der Waals surface area contributed by atoms with Crippen molar-refractivity contribution in [2.24, 2.45) is 5.73 Å². The van der Waals surface area contributed by atoms with Crippen LogP contribution in [0.3, 0.4) is 0 Å². The van der Waals surface area contributed by atoms with Gasteiger partial charge < -0.3 is 16.0 Å². The van der Waals surface area contributed by atoms with Gasteiger partial charge in [0.15, 0.2) is 0 Å². The van der Waals surface area contributed by atoms with Crippen LogP contribution in [0.2, 0.25) is 0 Å². The van der Waals surface area contributed by atoms with E-state index in [9.17, 15) is 18.0 Å². The lowest BCUT2D eigenvalue weighted by molar-refractivity contribution is -0.137. The zero-order chi connectivity index (χ0) is 14.8. The Morgan fingerprint density at radius 2 is 2.15 bits per heavy atom. The van der Waals surface area contributed by atoms with E-state index in [1.165, 1.54) is 17.0 Å². The molecule has 1 fully saturated rings. The highest BCUT2D eigenvalue weighted by Crippen LogP contribution is 2.30. The number of piperidine rings is 1. The van der Waals surface area contributed by atoms with Gasteiger partial charge in [0.2, 0.25) is 0 Å². The van der Waals surface area contributed by atoms with Gasteiger partial charge in [-0.1, -0.05) is 6.07 Å². The Morgan fingerprint density at radius 1 is 1.40 bits per heavy atom. The van der Waals surface area contributed by atoms with Gasteiger partial charge in [0.25, 0.3) is 0 Å². The summed E-state index contributed by atoms with van der Waals surface area (Å²) in [6, 6.07) is 4.08. The first kappa shape index (κ1) is 14.6. The number of halogens is 3. The van der Waals surface area contributed by atoms with Crippen LogP contribution in [0, 0.1) is 0 Å². The van der Waals surface area contributed by atoms with E-state index in [-0.39, 0.29) is 11.7 Å². The summed E-state index contributed by atoms with van der Waals surface area (Å²) < 4.78 is 37.7. The van der Waals surface area contributed by atoms with E-state index in [4.69, 9.17) is 5.73 Å². The van der Waals surface area contributed by atoms with E-state index in [0.29, 0.717) is 13.1 Å². The number of alkyl halides is 3. The molecule has 0 aromatic heterocycles. The molecular formula is C13H16F3N3O. The molecule has 0 unspecified atom stereocenters. The van der Waals surface area contributed by atoms with Crippen molar-refractivity contribution in [3.05, 3.63) is 29.8 Å². The molecule has 1 aromatic rings. The van der Waals surface area contributed by atoms with E-state index in [2.05, 4.69) is 5.32 Å². The van der Waals surface area contributed by atoms with Crippen molar-refractivity contribution >= 4 is 11.7 Å². The maximum atomic E-state index is 12.6. The molecule has 1 heterocycles. The van der Waals surface area contributed by atoms with Gasteiger partial charge in [-0.05, 0) is 31.0 Å². The minimum atomic E-state index is -4.42. The van der Waals surface area contributed by atoms with Gasteiger partial charge in [-0.15, -0.1) is 0 Å². The fourth-order valence-electron chi connectivity index (χ4n) is 2.17. The summed E-state index contributed by atoms with van der Waals surface area (Å²) in [6.45, 7) is 0.989. The molecule has 110 valence electrons. The molecule has 20 heavy (non-hydrogen) atoms.